The minimum atomic E-state index is -0.418. The molecule has 0 saturated carbocycles. The van der Waals surface area contributed by atoms with E-state index in [0.717, 1.165) is 17.0 Å². The van der Waals surface area contributed by atoms with Crippen molar-refractivity contribution in [1.29, 1.82) is 0 Å². The van der Waals surface area contributed by atoms with Crippen molar-refractivity contribution in [2.24, 2.45) is 5.10 Å². The third kappa shape index (κ3) is 6.26. The Bertz CT molecular complexity index is 1330. The highest BCUT2D eigenvalue weighted by molar-refractivity contribution is 7.99. The lowest BCUT2D eigenvalue weighted by molar-refractivity contribution is -0.118. The van der Waals surface area contributed by atoms with Crippen LogP contribution in [0.25, 0.3) is 17.1 Å². The van der Waals surface area contributed by atoms with Crippen LogP contribution in [-0.4, -0.2) is 39.2 Å². The van der Waals surface area contributed by atoms with Gasteiger partial charge in [0, 0.05) is 21.8 Å². The topological polar surface area (TPSA) is 81.4 Å². The molecule has 0 aliphatic carbocycles. The van der Waals surface area contributed by atoms with E-state index < -0.39 is 5.82 Å². The Morgan fingerprint density at radius 2 is 1.86 bits per heavy atom. The van der Waals surface area contributed by atoms with E-state index in [1.54, 1.807) is 30.3 Å². The lowest BCUT2D eigenvalue weighted by Crippen LogP contribution is -2.20. The molecule has 0 spiro atoms. The highest BCUT2D eigenvalue weighted by Crippen LogP contribution is 2.29. The van der Waals surface area contributed by atoms with Crippen molar-refractivity contribution in [2.75, 3.05) is 12.4 Å². The van der Waals surface area contributed by atoms with Gasteiger partial charge in [-0.25, -0.2) is 9.82 Å². The van der Waals surface area contributed by atoms with Crippen molar-refractivity contribution < 1.29 is 13.9 Å². The van der Waals surface area contributed by atoms with Gasteiger partial charge in [0.2, 0.25) is 0 Å². The molecule has 1 N–H and O–H groups in total. The van der Waals surface area contributed by atoms with Gasteiger partial charge in [0.1, 0.15) is 11.6 Å². The third-order valence-corrected chi connectivity index (χ3v) is 5.95. The second kappa shape index (κ2) is 11.6. The van der Waals surface area contributed by atoms with Crippen molar-refractivity contribution in [3.63, 3.8) is 0 Å². The molecule has 0 unspecified atom stereocenters. The summed E-state index contributed by atoms with van der Waals surface area (Å²) < 4.78 is 21.1. The summed E-state index contributed by atoms with van der Waals surface area (Å²) in [5, 5.41) is 13.6. The molecule has 35 heavy (non-hydrogen) atoms. The Morgan fingerprint density at radius 1 is 1.11 bits per heavy atom. The Hall–Kier alpha value is -3.69. The molecule has 4 aromatic rings. The maximum absolute atomic E-state index is 13.7. The van der Waals surface area contributed by atoms with Gasteiger partial charge in [-0.1, -0.05) is 41.6 Å². The van der Waals surface area contributed by atoms with Crippen LogP contribution in [-0.2, 0) is 4.79 Å². The molecule has 0 radical (unpaired) electrons. The van der Waals surface area contributed by atoms with Crippen LogP contribution in [0.1, 0.15) is 12.5 Å². The number of rotatable bonds is 9. The molecule has 0 aliphatic heterocycles. The number of thioether (sulfide) groups is 1. The second-order valence-corrected chi connectivity index (χ2v) is 8.56. The Labute approximate surface area is 211 Å². The number of hydrazone groups is 1. The fourth-order valence-corrected chi connectivity index (χ4v) is 4.03. The summed E-state index contributed by atoms with van der Waals surface area (Å²) in [6, 6.07) is 21.0. The normalized spacial score (nSPS) is 11.1. The van der Waals surface area contributed by atoms with E-state index in [4.69, 9.17) is 16.3 Å². The molecule has 4 rings (SSSR count). The van der Waals surface area contributed by atoms with Crippen LogP contribution < -0.4 is 10.2 Å². The summed E-state index contributed by atoms with van der Waals surface area (Å²) in [6.45, 7) is 2.49. The number of nitrogens with zero attached hydrogens (tertiary/aromatic N) is 4. The number of nitrogens with one attached hydrogen (secondary N) is 1. The van der Waals surface area contributed by atoms with Crippen molar-refractivity contribution in [3.05, 3.63) is 89.2 Å². The molecule has 0 bridgehead atoms. The molecular weight excluding hydrogens is 489 g/mol. The molecule has 1 aromatic heterocycles. The van der Waals surface area contributed by atoms with Crippen LogP contribution in [0.4, 0.5) is 4.39 Å². The number of aromatic nitrogens is 3. The molecule has 1 heterocycles. The summed E-state index contributed by atoms with van der Waals surface area (Å²) >= 11 is 7.25. The van der Waals surface area contributed by atoms with E-state index in [0.29, 0.717) is 22.6 Å². The molecule has 0 fully saturated rings. The monoisotopic (exact) mass is 509 g/mol. The van der Waals surface area contributed by atoms with Gasteiger partial charge in [0.25, 0.3) is 5.91 Å². The second-order valence-electron chi connectivity index (χ2n) is 7.18. The zero-order chi connectivity index (χ0) is 24.6. The molecule has 1 amide bonds. The fourth-order valence-electron chi connectivity index (χ4n) is 3.16. The highest BCUT2D eigenvalue weighted by atomic mass is 35.5. The van der Waals surface area contributed by atoms with Gasteiger partial charge in [0.05, 0.1) is 18.6 Å². The van der Waals surface area contributed by atoms with Crippen LogP contribution in [0.15, 0.2) is 83.1 Å². The third-order valence-electron chi connectivity index (χ3n) is 4.77. The highest BCUT2D eigenvalue weighted by Gasteiger charge is 2.17. The van der Waals surface area contributed by atoms with Gasteiger partial charge in [0.15, 0.2) is 11.0 Å². The maximum atomic E-state index is 13.7. The van der Waals surface area contributed by atoms with Crippen LogP contribution in [0.5, 0.6) is 5.75 Å². The van der Waals surface area contributed by atoms with Crippen molar-refractivity contribution in [1.82, 2.24) is 20.2 Å². The van der Waals surface area contributed by atoms with Gasteiger partial charge < -0.3 is 4.74 Å². The van der Waals surface area contributed by atoms with E-state index in [1.807, 2.05) is 47.9 Å². The molecule has 178 valence electrons. The summed E-state index contributed by atoms with van der Waals surface area (Å²) in [5.74, 6) is 0.601. The van der Waals surface area contributed by atoms with Crippen molar-refractivity contribution >= 4 is 35.5 Å². The Balaban J connectivity index is 1.53. The molecule has 7 nitrogen and oxygen atoms in total. The van der Waals surface area contributed by atoms with E-state index >= 15 is 0 Å². The van der Waals surface area contributed by atoms with Gasteiger partial charge in [-0.05, 0) is 61.5 Å². The van der Waals surface area contributed by atoms with Gasteiger partial charge in [-0.3, -0.25) is 9.36 Å². The zero-order valence-corrected chi connectivity index (χ0v) is 20.3. The SMILES string of the molecule is CCOc1ccc(-n2c(SCC(=O)N/N=C/c3ccccc3F)nnc2-c2ccc(Cl)cc2)cc1. The van der Waals surface area contributed by atoms with Crippen LogP contribution in [0.2, 0.25) is 5.02 Å². The number of halogens is 2. The minimum Gasteiger partial charge on any atom is -0.494 e. The fraction of sp³-hybridized carbons (Fsp3) is 0.120. The average Bonchev–Trinajstić information content (AvgIpc) is 3.29. The number of carbonyl (C=O) groups is 1. The van der Waals surface area contributed by atoms with Crippen LogP contribution in [0.3, 0.4) is 0 Å². The Morgan fingerprint density at radius 3 is 2.57 bits per heavy atom. The lowest BCUT2D eigenvalue weighted by Gasteiger charge is -2.11. The van der Waals surface area contributed by atoms with E-state index in [1.165, 1.54) is 24.0 Å². The molecular formula is C25H21ClFN5O2S. The molecule has 3 aromatic carbocycles. The molecule has 0 aliphatic rings. The summed E-state index contributed by atoms with van der Waals surface area (Å²) in [4.78, 5) is 12.3. The maximum Gasteiger partial charge on any atom is 0.250 e. The lowest BCUT2D eigenvalue weighted by atomic mass is 10.2. The standard InChI is InChI=1S/C25H21ClFN5O2S/c1-2-34-21-13-11-20(12-14-21)32-24(17-7-9-19(26)10-8-17)30-31-25(32)35-16-23(33)29-28-15-18-5-3-4-6-22(18)27/h3-15H,2,16H2,1H3,(H,29,33)/b28-15+. The molecule has 0 atom stereocenters. The van der Waals surface area contributed by atoms with Crippen LogP contribution in [0, 0.1) is 5.82 Å². The first-order chi connectivity index (χ1) is 17.0. The van der Waals surface area contributed by atoms with Gasteiger partial charge >= 0.3 is 0 Å². The van der Waals surface area contributed by atoms with Gasteiger partial charge in [-0.15, -0.1) is 10.2 Å². The van der Waals surface area contributed by atoms with Crippen molar-refractivity contribution in [2.45, 2.75) is 12.1 Å². The summed E-state index contributed by atoms with van der Waals surface area (Å²) in [7, 11) is 0. The molecule has 0 saturated heterocycles. The first kappa shape index (κ1) is 24.4. The van der Waals surface area contributed by atoms with Crippen LogP contribution >= 0.6 is 23.4 Å². The van der Waals surface area contributed by atoms with E-state index in [-0.39, 0.29) is 17.2 Å². The van der Waals surface area contributed by atoms with E-state index in [2.05, 4.69) is 20.7 Å². The predicted molar refractivity (Wildman–Crippen MR) is 136 cm³/mol. The molecule has 10 heteroatoms. The quantitative estimate of drug-likeness (QED) is 0.186. The summed E-state index contributed by atoms with van der Waals surface area (Å²) in [6.07, 6.45) is 1.26. The minimum absolute atomic E-state index is 0.0321. The Kier molecular flexibility index (Phi) is 8.12. The summed E-state index contributed by atoms with van der Waals surface area (Å²) in [5.41, 5.74) is 4.32. The number of amides is 1. The number of benzene rings is 3. The largest absolute Gasteiger partial charge is 0.494 e. The van der Waals surface area contributed by atoms with Crippen molar-refractivity contribution in [3.8, 4) is 22.8 Å². The number of hydrogen-bond donors (Lipinski definition) is 1. The average molecular weight is 510 g/mol. The van der Waals surface area contributed by atoms with E-state index in [9.17, 15) is 9.18 Å². The smallest absolute Gasteiger partial charge is 0.250 e. The number of hydrogen-bond acceptors (Lipinski definition) is 6. The number of ether oxygens (including phenoxy) is 1. The predicted octanol–water partition coefficient (Wildman–Crippen LogP) is 5.37. The number of carbonyl (C=O) groups excluding carboxylic acids is 1. The zero-order valence-electron chi connectivity index (χ0n) is 18.7. The van der Waals surface area contributed by atoms with Gasteiger partial charge in [-0.2, -0.15) is 5.10 Å². The first-order valence-electron chi connectivity index (χ1n) is 10.7. The first-order valence-corrected chi connectivity index (χ1v) is 12.1.